The lowest BCUT2D eigenvalue weighted by Crippen LogP contribution is -2.38. The number of hydrogen-bond acceptors (Lipinski definition) is 3. The number of halogens is 1. The average Bonchev–Trinajstić information content (AvgIpc) is 2.33. The van der Waals surface area contributed by atoms with Crippen LogP contribution in [0, 0.1) is 12.7 Å². The summed E-state index contributed by atoms with van der Waals surface area (Å²) in [6, 6.07) is 5.34. The van der Waals surface area contributed by atoms with E-state index in [2.05, 4.69) is 5.32 Å². The van der Waals surface area contributed by atoms with Crippen molar-refractivity contribution in [3.8, 4) is 0 Å². The summed E-state index contributed by atoms with van der Waals surface area (Å²) in [5, 5.41) is 3.36. The molecule has 0 aliphatic heterocycles. The van der Waals surface area contributed by atoms with Crippen LogP contribution in [-0.2, 0) is 16.0 Å². The smallest absolute Gasteiger partial charge is 0.307 e. The zero-order valence-electron chi connectivity index (χ0n) is 12.7. The van der Waals surface area contributed by atoms with Crippen molar-refractivity contribution in [3.63, 3.8) is 0 Å². The number of aryl methyl sites for hydroxylation is 1. The molecule has 0 aliphatic rings. The number of ether oxygens (including phenoxy) is 1. The van der Waals surface area contributed by atoms with Gasteiger partial charge in [-0.15, -0.1) is 0 Å². The van der Waals surface area contributed by atoms with Gasteiger partial charge >= 0.3 is 5.97 Å². The van der Waals surface area contributed by atoms with Crippen LogP contribution >= 0.6 is 0 Å². The normalized spacial score (nSPS) is 12.5. The third-order valence-electron chi connectivity index (χ3n) is 2.99. The van der Waals surface area contributed by atoms with Crippen LogP contribution in [0.25, 0.3) is 0 Å². The molecule has 0 amide bonds. The summed E-state index contributed by atoms with van der Waals surface area (Å²) in [5.74, 6) is -0.406. The van der Waals surface area contributed by atoms with Crippen molar-refractivity contribution in [2.45, 2.75) is 52.6 Å². The minimum absolute atomic E-state index is 0.00101. The molecular weight excluding hydrogens is 257 g/mol. The predicted octanol–water partition coefficient (Wildman–Crippen LogP) is 3.00. The van der Waals surface area contributed by atoms with Crippen LogP contribution in [0.5, 0.6) is 0 Å². The molecule has 0 spiro atoms. The summed E-state index contributed by atoms with van der Waals surface area (Å²) >= 11 is 0. The fraction of sp³-hybridized carbons (Fsp3) is 0.562. The first kappa shape index (κ1) is 16.6. The van der Waals surface area contributed by atoms with Gasteiger partial charge in [-0.2, -0.15) is 0 Å². The number of benzene rings is 1. The summed E-state index contributed by atoms with van der Waals surface area (Å²) < 4.78 is 18.3. The van der Waals surface area contributed by atoms with E-state index in [1.54, 1.807) is 19.9 Å². The molecule has 0 radical (unpaired) electrons. The number of hydrogen-bond donors (Lipinski definition) is 1. The van der Waals surface area contributed by atoms with E-state index in [-0.39, 0.29) is 23.9 Å². The third kappa shape index (κ3) is 5.70. The molecule has 0 saturated carbocycles. The van der Waals surface area contributed by atoms with E-state index in [1.807, 2.05) is 19.9 Å². The largest absolute Gasteiger partial charge is 0.466 e. The Labute approximate surface area is 120 Å². The van der Waals surface area contributed by atoms with E-state index in [1.165, 1.54) is 6.07 Å². The first-order chi connectivity index (χ1) is 9.42. The molecule has 1 N–H and O–H groups in total. The van der Waals surface area contributed by atoms with Crippen LogP contribution in [0.2, 0.25) is 0 Å². The average molecular weight is 281 g/mol. The Kier molecular flexibility index (Phi) is 6.65. The SMILES string of the molecule is CCOC(=O)CC(Cc1ccc(F)c(C)c1)NC(C)C. The summed E-state index contributed by atoms with van der Waals surface area (Å²) in [6.45, 7) is 8.01. The lowest BCUT2D eigenvalue weighted by atomic mass is 10.0. The number of nitrogens with one attached hydrogen (secondary N) is 1. The van der Waals surface area contributed by atoms with Crippen molar-refractivity contribution in [1.29, 1.82) is 0 Å². The highest BCUT2D eigenvalue weighted by Gasteiger charge is 2.16. The van der Waals surface area contributed by atoms with Crippen LogP contribution in [0.3, 0.4) is 0 Å². The molecular formula is C16H24FNO2. The second kappa shape index (κ2) is 8.00. The van der Waals surface area contributed by atoms with Crippen molar-refractivity contribution in [2.24, 2.45) is 0 Å². The van der Waals surface area contributed by atoms with Crippen LogP contribution in [0.4, 0.5) is 4.39 Å². The highest BCUT2D eigenvalue weighted by Crippen LogP contribution is 2.13. The van der Waals surface area contributed by atoms with Crippen molar-refractivity contribution in [3.05, 3.63) is 35.1 Å². The molecule has 3 nitrogen and oxygen atoms in total. The second-order valence-electron chi connectivity index (χ2n) is 5.32. The van der Waals surface area contributed by atoms with E-state index in [0.29, 0.717) is 25.0 Å². The molecule has 0 aliphatic carbocycles. The van der Waals surface area contributed by atoms with E-state index >= 15 is 0 Å². The van der Waals surface area contributed by atoms with Gasteiger partial charge in [0.1, 0.15) is 5.82 Å². The summed E-state index contributed by atoms with van der Waals surface area (Å²) in [5.41, 5.74) is 1.65. The molecule has 1 atom stereocenters. The van der Waals surface area contributed by atoms with Gasteiger partial charge in [0.15, 0.2) is 0 Å². The summed E-state index contributed by atoms with van der Waals surface area (Å²) in [7, 11) is 0. The quantitative estimate of drug-likeness (QED) is 0.781. The fourth-order valence-corrected chi connectivity index (χ4v) is 2.20. The van der Waals surface area contributed by atoms with Crippen LogP contribution in [0.1, 0.15) is 38.3 Å². The highest BCUT2D eigenvalue weighted by atomic mass is 19.1. The maximum Gasteiger partial charge on any atom is 0.307 e. The van der Waals surface area contributed by atoms with Gasteiger partial charge in [-0.1, -0.05) is 26.0 Å². The van der Waals surface area contributed by atoms with Gasteiger partial charge in [0.2, 0.25) is 0 Å². The van der Waals surface area contributed by atoms with Crippen LogP contribution in [0.15, 0.2) is 18.2 Å². The monoisotopic (exact) mass is 281 g/mol. The molecule has 1 unspecified atom stereocenters. The van der Waals surface area contributed by atoms with E-state index in [9.17, 15) is 9.18 Å². The molecule has 0 saturated heterocycles. The van der Waals surface area contributed by atoms with Gasteiger partial charge in [0.25, 0.3) is 0 Å². The molecule has 20 heavy (non-hydrogen) atoms. The Morgan fingerprint density at radius 3 is 2.65 bits per heavy atom. The number of rotatable bonds is 7. The first-order valence-electron chi connectivity index (χ1n) is 7.09. The maximum absolute atomic E-state index is 13.3. The molecule has 1 rings (SSSR count). The lowest BCUT2D eigenvalue weighted by Gasteiger charge is -2.21. The molecule has 4 heteroatoms. The van der Waals surface area contributed by atoms with Gasteiger partial charge in [0, 0.05) is 12.1 Å². The third-order valence-corrected chi connectivity index (χ3v) is 2.99. The molecule has 0 aromatic heterocycles. The number of carbonyl (C=O) groups excluding carboxylic acids is 1. The van der Waals surface area contributed by atoms with Crippen LogP contribution < -0.4 is 5.32 Å². The van der Waals surface area contributed by atoms with Gasteiger partial charge < -0.3 is 10.1 Å². The zero-order valence-corrected chi connectivity index (χ0v) is 12.7. The van der Waals surface area contributed by atoms with E-state index in [4.69, 9.17) is 4.74 Å². The second-order valence-corrected chi connectivity index (χ2v) is 5.32. The topological polar surface area (TPSA) is 38.3 Å². The molecule has 0 bridgehead atoms. The minimum Gasteiger partial charge on any atom is -0.466 e. The van der Waals surface area contributed by atoms with Crippen LogP contribution in [-0.4, -0.2) is 24.7 Å². The van der Waals surface area contributed by atoms with Gasteiger partial charge in [0.05, 0.1) is 13.0 Å². The predicted molar refractivity (Wildman–Crippen MR) is 78.2 cm³/mol. The zero-order chi connectivity index (χ0) is 15.1. The first-order valence-corrected chi connectivity index (χ1v) is 7.09. The summed E-state index contributed by atoms with van der Waals surface area (Å²) in [6.07, 6.45) is 1.00. The van der Waals surface area contributed by atoms with Crippen molar-refractivity contribution in [2.75, 3.05) is 6.61 Å². The molecule has 112 valence electrons. The van der Waals surface area contributed by atoms with Gasteiger partial charge in [-0.3, -0.25) is 4.79 Å². The fourth-order valence-electron chi connectivity index (χ4n) is 2.20. The maximum atomic E-state index is 13.3. The molecule has 0 heterocycles. The Balaban J connectivity index is 2.72. The number of esters is 1. The lowest BCUT2D eigenvalue weighted by molar-refractivity contribution is -0.143. The van der Waals surface area contributed by atoms with E-state index in [0.717, 1.165) is 5.56 Å². The highest BCUT2D eigenvalue weighted by molar-refractivity contribution is 5.70. The van der Waals surface area contributed by atoms with Gasteiger partial charge in [-0.25, -0.2) is 4.39 Å². The van der Waals surface area contributed by atoms with Crippen molar-refractivity contribution < 1.29 is 13.9 Å². The molecule has 1 aromatic rings. The molecule has 1 aromatic carbocycles. The Bertz CT molecular complexity index is 446. The molecule has 0 fully saturated rings. The van der Waals surface area contributed by atoms with Gasteiger partial charge in [-0.05, 0) is 37.5 Å². The van der Waals surface area contributed by atoms with E-state index < -0.39 is 0 Å². The Hall–Kier alpha value is -1.42. The Morgan fingerprint density at radius 1 is 1.40 bits per heavy atom. The Morgan fingerprint density at radius 2 is 2.10 bits per heavy atom. The van der Waals surface area contributed by atoms with Crippen molar-refractivity contribution in [1.82, 2.24) is 5.32 Å². The minimum atomic E-state index is -0.204. The standard InChI is InChI=1S/C16H24FNO2/c1-5-20-16(19)10-14(18-11(2)3)9-13-6-7-15(17)12(4)8-13/h6-8,11,14,18H,5,9-10H2,1-4H3. The number of carbonyl (C=O) groups is 1. The summed E-state index contributed by atoms with van der Waals surface area (Å²) in [4.78, 5) is 11.6. The van der Waals surface area contributed by atoms with Crippen molar-refractivity contribution >= 4 is 5.97 Å².